The summed E-state index contributed by atoms with van der Waals surface area (Å²) in [5.41, 5.74) is -0.457. The molecule has 0 unspecified atom stereocenters. The number of hydrogen-bond donors (Lipinski definition) is 2. The second-order valence-corrected chi connectivity index (χ2v) is 4.30. The molecule has 1 rings (SSSR count). The fourth-order valence-corrected chi connectivity index (χ4v) is 1.04. The third kappa shape index (κ3) is 4.29. The molecular formula is C9H16ClN5. The molecule has 0 saturated carbocycles. The molecular weight excluding hydrogens is 214 g/mol. The minimum absolute atomic E-state index is 0.0165. The van der Waals surface area contributed by atoms with Crippen LogP contribution >= 0.6 is 11.6 Å². The van der Waals surface area contributed by atoms with E-state index in [0.29, 0.717) is 6.54 Å². The Balaban J connectivity index is 3.14. The van der Waals surface area contributed by atoms with Gasteiger partial charge in [-0.3, -0.25) is 0 Å². The first-order chi connectivity index (χ1) is 7.75. The molecule has 0 aliphatic heterocycles. The van der Waals surface area contributed by atoms with E-state index < -0.39 is 5.54 Å². The molecule has 6 heteroatoms. The van der Waals surface area contributed by atoms with Crippen LogP contribution in [-0.2, 0) is 0 Å². The van der Waals surface area contributed by atoms with Crippen molar-refractivity contribution in [1.29, 1.82) is 0 Å². The van der Waals surface area contributed by atoms with Crippen LogP contribution in [0.1, 0.15) is 27.7 Å². The van der Waals surface area contributed by atoms with Crippen molar-refractivity contribution in [3.8, 4) is 0 Å². The third-order valence-corrected chi connectivity index (χ3v) is 1.49. The van der Waals surface area contributed by atoms with Gasteiger partial charge in [0.05, 0.1) is 0 Å². The Hall–Kier alpha value is -1.10. The molecule has 1 heterocycles. The van der Waals surface area contributed by atoms with Crippen molar-refractivity contribution in [2.75, 3.05) is 17.2 Å². The number of anilines is 2. The molecule has 0 aromatic carbocycles. The molecule has 0 atom stereocenters. The third-order valence-electron chi connectivity index (χ3n) is 1.32. The quantitative estimate of drug-likeness (QED) is 0.835. The summed E-state index contributed by atoms with van der Waals surface area (Å²) in [7, 11) is 0. The van der Waals surface area contributed by atoms with Crippen LogP contribution in [0.3, 0.4) is 0 Å². The minimum Gasteiger partial charge on any atom is -0.354 e. The lowest BCUT2D eigenvalue weighted by molar-refractivity contribution is 0.625. The predicted molar refractivity (Wildman–Crippen MR) is 62.4 cm³/mol. The van der Waals surface area contributed by atoms with Crippen molar-refractivity contribution < 1.29 is 2.82 Å². The summed E-state index contributed by atoms with van der Waals surface area (Å²) in [5.74, 6) is 0.280. The Morgan fingerprint density at radius 1 is 1.27 bits per heavy atom. The molecule has 0 aliphatic rings. The number of aromatic nitrogens is 3. The highest BCUT2D eigenvalue weighted by Crippen LogP contribution is 2.13. The smallest absolute Gasteiger partial charge is 0.229 e. The van der Waals surface area contributed by atoms with Crippen LogP contribution in [0.25, 0.3) is 0 Å². The van der Waals surface area contributed by atoms with E-state index in [0.717, 1.165) is 10.6 Å². The fraction of sp³-hybridized carbons (Fsp3) is 0.667. The highest BCUT2D eigenvalue weighted by atomic mass is 35.5. The molecule has 0 spiro atoms. The van der Waals surface area contributed by atoms with E-state index in [4.69, 9.17) is 14.4 Å². The minimum atomic E-state index is -0.457. The number of halogens is 1. The molecule has 0 radical (unpaired) electrons. The molecule has 2 N–H and O–H groups in total. The first-order valence-corrected chi connectivity index (χ1v) is 5.10. The van der Waals surface area contributed by atoms with Gasteiger partial charge in [-0.15, -0.1) is 0 Å². The monoisotopic (exact) mass is 231 g/mol. The van der Waals surface area contributed by atoms with Crippen molar-refractivity contribution in [2.45, 2.75) is 33.2 Å². The summed E-state index contributed by atoms with van der Waals surface area (Å²) in [4.78, 5) is 11.8. The SMILES string of the molecule is [2H]N(CC)c1nc(Cl)nc(N([2H])C(C)(C)C)n1. The number of hydrogen-bond acceptors (Lipinski definition) is 5. The molecule has 1 aromatic rings. The summed E-state index contributed by atoms with van der Waals surface area (Å²) in [6, 6.07) is 0. The van der Waals surface area contributed by atoms with Crippen LogP contribution in [0.2, 0.25) is 8.11 Å². The second-order valence-electron chi connectivity index (χ2n) is 3.96. The standard InChI is InChI=1S/C9H16ClN5/c1-5-11-7-12-6(10)13-8(14-7)15-9(2,3)4/h5H2,1-4H3,(H2,11,12,13,14,15)/i/hD2. The Kier molecular flexibility index (Phi) is 2.81. The van der Waals surface area contributed by atoms with Crippen LogP contribution in [0.15, 0.2) is 0 Å². The van der Waals surface area contributed by atoms with E-state index in [-0.39, 0.29) is 17.2 Å². The van der Waals surface area contributed by atoms with Gasteiger partial charge in [-0.25, -0.2) is 0 Å². The molecule has 0 saturated heterocycles. The van der Waals surface area contributed by atoms with Crippen LogP contribution in [-0.4, -0.2) is 27.0 Å². The fourth-order valence-electron chi connectivity index (χ4n) is 0.892. The van der Waals surface area contributed by atoms with E-state index in [1.165, 1.54) is 0 Å². The zero-order valence-corrected chi connectivity index (χ0v) is 10.1. The van der Waals surface area contributed by atoms with E-state index in [1.807, 2.05) is 20.8 Å². The normalized spacial score (nSPS) is 13.1. The lowest BCUT2D eigenvalue weighted by atomic mass is 10.1. The van der Waals surface area contributed by atoms with Gasteiger partial charge in [0.15, 0.2) is 2.82 Å². The van der Waals surface area contributed by atoms with Gasteiger partial charge in [0, 0.05) is 12.1 Å². The first-order valence-electron chi connectivity index (χ1n) is 5.62. The van der Waals surface area contributed by atoms with Gasteiger partial charge in [0.2, 0.25) is 17.2 Å². The largest absolute Gasteiger partial charge is 0.354 e. The van der Waals surface area contributed by atoms with Gasteiger partial charge in [-0.2, -0.15) is 15.0 Å². The average molecular weight is 232 g/mol. The molecule has 15 heavy (non-hydrogen) atoms. The summed E-state index contributed by atoms with van der Waals surface area (Å²) >= 11 is 5.76. The molecule has 0 aliphatic carbocycles. The number of rotatable bonds is 3. The van der Waals surface area contributed by atoms with Gasteiger partial charge in [-0.1, -0.05) is 0 Å². The van der Waals surface area contributed by atoms with Crippen LogP contribution in [0.5, 0.6) is 0 Å². The maximum absolute atomic E-state index is 7.90. The highest BCUT2D eigenvalue weighted by Gasteiger charge is 2.12. The van der Waals surface area contributed by atoms with Gasteiger partial charge in [0.1, 0.15) is 0 Å². The first kappa shape index (κ1) is 9.15. The molecule has 0 bridgehead atoms. The van der Waals surface area contributed by atoms with Crippen molar-refractivity contribution >= 4 is 23.5 Å². The Labute approximate surface area is 97.6 Å². The lowest BCUT2D eigenvalue weighted by Gasteiger charge is -2.20. The van der Waals surface area contributed by atoms with Gasteiger partial charge < -0.3 is 10.6 Å². The van der Waals surface area contributed by atoms with Gasteiger partial charge in [0.25, 0.3) is 0 Å². The topological polar surface area (TPSA) is 62.7 Å². The van der Waals surface area contributed by atoms with Crippen molar-refractivity contribution in [2.24, 2.45) is 0 Å². The van der Waals surface area contributed by atoms with E-state index in [1.54, 1.807) is 6.92 Å². The van der Waals surface area contributed by atoms with Crippen molar-refractivity contribution in [3.63, 3.8) is 0 Å². The van der Waals surface area contributed by atoms with Crippen LogP contribution in [0.4, 0.5) is 11.9 Å². The summed E-state index contributed by atoms with van der Waals surface area (Å²) in [5, 5.41) is 2.22. The zero-order chi connectivity index (χ0) is 13.2. The van der Waals surface area contributed by atoms with E-state index in [9.17, 15) is 0 Å². The Bertz CT molecular complexity index is 395. The van der Waals surface area contributed by atoms with Gasteiger partial charge in [-0.05, 0) is 39.3 Å². The predicted octanol–water partition coefficient (Wildman–Crippen LogP) is 2.17. The molecule has 0 fully saturated rings. The Morgan fingerprint density at radius 2 is 1.87 bits per heavy atom. The van der Waals surface area contributed by atoms with Crippen LogP contribution < -0.4 is 10.6 Å². The molecule has 5 nitrogen and oxygen atoms in total. The maximum Gasteiger partial charge on any atom is 0.229 e. The van der Waals surface area contributed by atoms with Crippen molar-refractivity contribution in [1.82, 2.24) is 15.0 Å². The molecule has 84 valence electrons. The zero-order valence-electron chi connectivity index (χ0n) is 11.3. The average Bonchev–Trinajstić information content (AvgIpc) is 2.24. The van der Waals surface area contributed by atoms with E-state index in [2.05, 4.69) is 15.0 Å². The maximum atomic E-state index is 7.90. The van der Waals surface area contributed by atoms with E-state index >= 15 is 0 Å². The summed E-state index contributed by atoms with van der Waals surface area (Å²) < 4.78 is 15.5. The highest BCUT2D eigenvalue weighted by molar-refractivity contribution is 6.28. The summed E-state index contributed by atoms with van der Waals surface area (Å²) in [6.45, 7) is 7.79. The number of nitrogens with zero attached hydrogens (tertiary/aromatic N) is 3. The Morgan fingerprint density at radius 3 is 2.40 bits per heavy atom. The van der Waals surface area contributed by atoms with Crippen LogP contribution in [0, 0.1) is 0 Å². The molecule has 1 aromatic heterocycles. The second kappa shape index (κ2) is 4.61. The molecule has 0 amide bonds. The lowest BCUT2D eigenvalue weighted by Crippen LogP contribution is -2.27. The van der Waals surface area contributed by atoms with Gasteiger partial charge >= 0.3 is 0 Å². The van der Waals surface area contributed by atoms with Crippen molar-refractivity contribution in [3.05, 3.63) is 5.28 Å². The summed E-state index contributed by atoms with van der Waals surface area (Å²) in [6.07, 6.45) is 0. The number of nitrogens with one attached hydrogen (secondary N) is 2.